The van der Waals surface area contributed by atoms with Gasteiger partial charge in [0.2, 0.25) is 5.75 Å². The van der Waals surface area contributed by atoms with Crippen LogP contribution < -0.4 is 9.47 Å². The molecule has 1 aliphatic carbocycles. The van der Waals surface area contributed by atoms with E-state index in [2.05, 4.69) is 14.2 Å². The Morgan fingerprint density at radius 2 is 1.40 bits per heavy atom. The summed E-state index contributed by atoms with van der Waals surface area (Å²) in [6, 6.07) is -1.86. The summed E-state index contributed by atoms with van der Waals surface area (Å²) < 4.78 is 170. The molecule has 0 heterocycles. The molecule has 234 valence electrons. The number of rotatable bonds is 13. The Kier molecular flexibility index (Phi) is 11.1. The smallest absolute Gasteiger partial charge is 0.429 e. The molecule has 2 aromatic carbocycles. The van der Waals surface area contributed by atoms with Crippen LogP contribution in [-0.4, -0.2) is 25.9 Å². The largest absolute Gasteiger partial charge is 0.432 e. The molecular weight excluding hydrogens is 597 g/mol. The SMILES string of the molecule is CCOCC1CCC(C(F)(F)OCCc2cc(F)c(C(F)(F)Oc3cc(F)c(OC(F)=C(F)F)c(F)c3)c(F)c2)CC1. The maximum atomic E-state index is 14.6. The summed E-state index contributed by atoms with van der Waals surface area (Å²) in [4.78, 5) is 0. The van der Waals surface area contributed by atoms with Crippen LogP contribution in [-0.2, 0) is 22.0 Å². The lowest BCUT2D eigenvalue weighted by Gasteiger charge is -2.33. The van der Waals surface area contributed by atoms with Crippen LogP contribution in [0, 0.1) is 35.1 Å². The van der Waals surface area contributed by atoms with E-state index >= 15 is 0 Å². The highest BCUT2D eigenvalue weighted by molar-refractivity contribution is 5.37. The maximum absolute atomic E-state index is 14.6. The van der Waals surface area contributed by atoms with Gasteiger partial charge in [-0.3, -0.25) is 0 Å². The highest BCUT2D eigenvalue weighted by atomic mass is 19.3. The van der Waals surface area contributed by atoms with E-state index in [1.807, 2.05) is 6.92 Å². The van der Waals surface area contributed by atoms with E-state index in [-0.39, 0.29) is 36.5 Å². The van der Waals surface area contributed by atoms with Crippen LogP contribution in [0.3, 0.4) is 0 Å². The third kappa shape index (κ3) is 8.49. The molecule has 0 atom stereocenters. The van der Waals surface area contributed by atoms with Crippen molar-refractivity contribution < 1.29 is 67.2 Å². The number of alkyl halides is 4. The minimum atomic E-state index is -4.88. The first-order chi connectivity index (χ1) is 19.6. The van der Waals surface area contributed by atoms with Gasteiger partial charge in [-0.05, 0) is 62.6 Å². The monoisotopic (exact) mass is 622 g/mol. The van der Waals surface area contributed by atoms with Crippen molar-refractivity contribution in [3.05, 3.63) is 70.8 Å². The van der Waals surface area contributed by atoms with E-state index in [1.165, 1.54) is 0 Å². The first-order valence-electron chi connectivity index (χ1n) is 12.7. The second kappa shape index (κ2) is 13.9. The molecule has 1 saturated carbocycles. The van der Waals surface area contributed by atoms with Crippen LogP contribution in [0.1, 0.15) is 43.7 Å². The van der Waals surface area contributed by atoms with E-state index < -0.39 is 83.6 Å². The van der Waals surface area contributed by atoms with Gasteiger partial charge >= 0.3 is 24.3 Å². The van der Waals surface area contributed by atoms with Gasteiger partial charge in [-0.15, -0.1) is 0 Å². The van der Waals surface area contributed by atoms with E-state index in [4.69, 9.17) is 4.74 Å². The standard InChI is InChI=1S/C27H25F11O4/c1-2-39-13-14-3-5-16(6-4-14)26(35,36)40-8-7-15-9-18(28)22(19(29)10-15)27(37,38)42-17-11-20(30)23(21(31)12-17)41-25(34)24(32)33/h9-12,14,16H,2-8,13H2,1H3. The molecular formula is C27H25F11O4. The quantitative estimate of drug-likeness (QED) is 0.165. The van der Waals surface area contributed by atoms with Crippen molar-refractivity contribution >= 4 is 0 Å². The van der Waals surface area contributed by atoms with Gasteiger partial charge in [-0.25, -0.2) is 17.6 Å². The molecule has 0 bridgehead atoms. The van der Waals surface area contributed by atoms with Crippen molar-refractivity contribution in [1.29, 1.82) is 0 Å². The Bertz CT molecular complexity index is 1210. The van der Waals surface area contributed by atoms with Crippen LogP contribution in [0.5, 0.6) is 11.5 Å². The topological polar surface area (TPSA) is 36.9 Å². The second-order valence-corrected chi connectivity index (χ2v) is 9.44. The zero-order chi connectivity index (χ0) is 31.2. The van der Waals surface area contributed by atoms with Gasteiger partial charge < -0.3 is 18.9 Å². The van der Waals surface area contributed by atoms with Crippen LogP contribution >= 0.6 is 0 Å². The predicted molar refractivity (Wildman–Crippen MR) is 125 cm³/mol. The van der Waals surface area contributed by atoms with Crippen molar-refractivity contribution in [3.8, 4) is 11.5 Å². The van der Waals surface area contributed by atoms with Crippen LogP contribution in [0.15, 0.2) is 36.4 Å². The van der Waals surface area contributed by atoms with Crippen molar-refractivity contribution in [1.82, 2.24) is 0 Å². The van der Waals surface area contributed by atoms with Gasteiger partial charge in [0.25, 0.3) is 0 Å². The average molecular weight is 622 g/mol. The molecule has 42 heavy (non-hydrogen) atoms. The number of halogens is 11. The van der Waals surface area contributed by atoms with Crippen molar-refractivity contribution in [2.45, 2.75) is 51.2 Å². The van der Waals surface area contributed by atoms with Gasteiger partial charge in [-0.1, -0.05) is 0 Å². The van der Waals surface area contributed by atoms with Gasteiger partial charge in [0.1, 0.15) is 22.9 Å². The first-order valence-corrected chi connectivity index (χ1v) is 12.7. The van der Waals surface area contributed by atoms with Crippen molar-refractivity contribution in [2.75, 3.05) is 19.8 Å². The highest BCUT2D eigenvalue weighted by Gasteiger charge is 2.43. The zero-order valence-corrected chi connectivity index (χ0v) is 21.9. The predicted octanol–water partition coefficient (Wildman–Crippen LogP) is 8.78. The summed E-state index contributed by atoms with van der Waals surface area (Å²) in [5.41, 5.74) is -2.29. The molecule has 3 rings (SSSR count). The van der Waals surface area contributed by atoms with E-state index in [1.54, 1.807) is 0 Å². The Morgan fingerprint density at radius 3 is 1.93 bits per heavy atom. The molecule has 1 aliphatic rings. The Hall–Kier alpha value is -3.07. The van der Waals surface area contributed by atoms with Gasteiger partial charge in [-0.2, -0.15) is 30.7 Å². The van der Waals surface area contributed by atoms with Crippen LogP contribution in [0.25, 0.3) is 0 Å². The molecule has 0 radical (unpaired) electrons. The first kappa shape index (κ1) is 33.4. The molecule has 0 spiro atoms. The van der Waals surface area contributed by atoms with Gasteiger partial charge in [0.15, 0.2) is 11.6 Å². The number of benzene rings is 2. The molecule has 0 unspecified atom stereocenters. The van der Waals surface area contributed by atoms with E-state index in [0.717, 1.165) is 0 Å². The molecule has 15 heteroatoms. The number of ether oxygens (including phenoxy) is 4. The minimum Gasteiger partial charge on any atom is -0.429 e. The lowest BCUT2D eigenvalue weighted by Crippen LogP contribution is -2.35. The average Bonchev–Trinajstić information content (AvgIpc) is 2.88. The number of hydrogen-bond acceptors (Lipinski definition) is 4. The fraction of sp³-hybridized carbons (Fsp3) is 0.481. The molecule has 0 N–H and O–H groups in total. The van der Waals surface area contributed by atoms with Gasteiger partial charge in [0, 0.05) is 25.3 Å². The molecule has 4 nitrogen and oxygen atoms in total. The van der Waals surface area contributed by atoms with Crippen LogP contribution in [0.4, 0.5) is 48.3 Å². The second-order valence-electron chi connectivity index (χ2n) is 9.44. The van der Waals surface area contributed by atoms with Gasteiger partial charge in [0.05, 0.1) is 12.5 Å². The Labute approximate surface area is 233 Å². The third-order valence-corrected chi connectivity index (χ3v) is 6.52. The summed E-state index contributed by atoms with van der Waals surface area (Å²) in [6.07, 6.45) is -10.5. The Balaban J connectivity index is 1.64. The third-order valence-electron chi connectivity index (χ3n) is 6.52. The summed E-state index contributed by atoms with van der Waals surface area (Å²) >= 11 is 0. The summed E-state index contributed by atoms with van der Waals surface area (Å²) in [6.45, 7) is 2.13. The van der Waals surface area contributed by atoms with Crippen molar-refractivity contribution in [3.63, 3.8) is 0 Å². The zero-order valence-electron chi connectivity index (χ0n) is 21.9. The minimum absolute atomic E-state index is 0.0249. The Morgan fingerprint density at radius 1 is 0.833 bits per heavy atom. The van der Waals surface area contributed by atoms with E-state index in [9.17, 15) is 48.3 Å². The fourth-order valence-corrected chi connectivity index (χ4v) is 4.44. The molecule has 0 aliphatic heterocycles. The molecule has 0 saturated heterocycles. The van der Waals surface area contributed by atoms with Crippen LogP contribution in [0.2, 0.25) is 0 Å². The molecule has 2 aromatic rings. The summed E-state index contributed by atoms with van der Waals surface area (Å²) in [7, 11) is 0. The fourth-order valence-electron chi connectivity index (χ4n) is 4.44. The molecule has 0 amide bonds. The maximum Gasteiger partial charge on any atom is 0.432 e. The van der Waals surface area contributed by atoms with E-state index in [0.29, 0.717) is 38.2 Å². The lowest BCUT2D eigenvalue weighted by atomic mass is 9.82. The molecule has 1 fully saturated rings. The summed E-state index contributed by atoms with van der Waals surface area (Å²) in [5, 5.41) is 0. The molecule has 0 aromatic heterocycles. The normalized spacial score (nSPS) is 17.7. The number of hydrogen-bond donors (Lipinski definition) is 0. The highest BCUT2D eigenvalue weighted by Crippen LogP contribution is 2.40. The van der Waals surface area contributed by atoms with Crippen molar-refractivity contribution in [2.24, 2.45) is 11.8 Å². The lowest BCUT2D eigenvalue weighted by molar-refractivity contribution is -0.277. The summed E-state index contributed by atoms with van der Waals surface area (Å²) in [5.74, 6) is -11.7.